The summed E-state index contributed by atoms with van der Waals surface area (Å²) in [7, 11) is -3.78. The largest absolute Gasteiger partial charge is 0.479 e. The van der Waals surface area contributed by atoms with Gasteiger partial charge in [0, 0.05) is 12.7 Å². The van der Waals surface area contributed by atoms with Crippen LogP contribution in [0.4, 0.5) is 11.4 Å². The average molecular weight is 336 g/mol. The lowest BCUT2D eigenvalue weighted by Crippen LogP contribution is -2.34. The predicted molar refractivity (Wildman–Crippen MR) is 83.9 cm³/mol. The maximum Gasteiger partial charge on any atom is 0.265 e. The van der Waals surface area contributed by atoms with Crippen LogP contribution in [0.25, 0.3) is 0 Å². The number of hydrogen-bond donors (Lipinski definition) is 2. The molecule has 1 atom stereocenters. The van der Waals surface area contributed by atoms with E-state index >= 15 is 0 Å². The van der Waals surface area contributed by atoms with Gasteiger partial charge in [-0.3, -0.25) is 14.2 Å². The van der Waals surface area contributed by atoms with Crippen molar-refractivity contribution in [3.8, 4) is 5.75 Å². The second-order valence-corrected chi connectivity index (χ2v) is 6.78. The lowest BCUT2D eigenvalue weighted by Gasteiger charge is -2.23. The van der Waals surface area contributed by atoms with Crippen LogP contribution < -0.4 is 14.8 Å². The number of aryl methyl sites for hydroxylation is 1. The molecule has 3 rings (SSSR count). The Kier molecular flexibility index (Phi) is 3.72. The van der Waals surface area contributed by atoms with Crippen LogP contribution >= 0.6 is 0 Å². The van der Waals surface area contributed by atoms with E-state index in [9.17, 15) is 13.2 Å². The molecule has 0 bridgehead atoms. The summed E-state index contributed by atoms with van der Waals surface area (Å²) < 4.78 is 34.3. The van der Waals surface area contributed by atoms with Crippen LogP contribution in [0.15, 0.2) is 35.5 Å². The molecule has 1 aliphatic rings. The Morgan fingerprint density at radius 2 is 2.22 bits per heavy atom. The van der Waals surface area contributed by atoms with Gasteiger partial charge in [0.1, 0.15) is 5.75 Å². The third-order valence-electron chi connectivity index (χ3n) is 3.40. The number of rotatable bonds is 4. The number of sulfonamides is 1. The Bertz CT molecular complexity index is 859. The predicted octanol–water partition coefficient (Wildman–Crippen LogP) is 1.42. The molecule has 1 aromatic heterocycles. The average Bonchev–Trinajstić information content (AvgIpc) is 2.95. The summed E-state index contributed by atoms with van der Waals surface area (Å²) in [6, 6.07) is 4.32. The van der Waals surface area contributed by atoms with Crippen molar-refractivity contribution in [2.24, 2.45) is 0 Å². The first-order valence-corrected chi connectivity index (χ1v) is 8.54. The maximum absolute atomic E-state index is 12.4. The number of anilines is 2. The van der Waals surface area contributed by atoms with Gasteiger partial charge in [-0.1, -0.05) is 0 Å². The molecule has 122 valence electrons. The van der Waals surface area contributed by atoms with Crippen molar-refractivity contribution in [2.75, 3.05) is 10.0 Å². The highest BCUT2D eigenvalue weighted by Crippen LogP contribution is 2.32. The zero-order valence-corrected chi connectivity index (χ0v) is 13.4. The van der Waals surface area contributed by atoms with Crippen molar-refractivity contribution < 1.29 is 17.9 Å². The fourth-order valence-electron chi connectivity index (χ4n) is 2.16. The Morgan fingerprint density at radius 1 is 1.43 bits per heavy atom. The molecule has 8 nitrogen and oxygen atoms in total. The molecule has 1 aromatic carbocycles. The minimum absolute atomic E-state index is 0.0268. The number of nitrogens with one attached hydrogen (secondary N) is 2. The SMILES string of the molecule is CCn1cc(NS(=O)(=O)c2ccc3c(c2)NC(=O)[C@H](C)O3)cn1. The summed E-state index contributed by atoms with van der Waals surface area (Å²) in [5.41, 5.74) is 0.707. The van der Waals surface area contributed by atoms with E-state index in [0.29, 0.717) is 23.7 Å². The molecule has 0 radical (unpaired) electrons. The standard InChI is InChI=1S/C14H16N4O4S/c1-3-18-8-10(7-15-18)17-23(20,21)11-4-5-13-12(6-11)16-14(19)9(2)22-13/h4-9,17H,3H2,1-2H3,(H,16,19)/t9-/m0/s1. The van der Waals surface area contributed by atoms with Gasteiger partial charge in [0.2, 0.25) is 0 Å². The van der Waals surface area contributed by atoms with Crippen molar-refractivity contribution in [1.29, 1.82) is 0 Å². The summed E-state index contributed by atoms with van der Waals surface area (Å²) in [6.45, 7) is 4.16. The molecular weight excluding hydrogens is 320 g/mol. The number of carbonyl (C=O) groups is 1. The van der Waals surface area contributed by atoms with Gasteiger partial charge < -0.3 is 10.1 Å². The fraction of sp³-hybridized carbons (Fsp3) is 0.286. The lowest BCUT2D eigenvalue weighted by atomic mass is 10.2. The van der Waals surface area contributed by atoms with Crippen LogP contribution in [-0.2, 0) is 21.4 Å². The van der Waals surface area contributed by atoms with E-state index in [2.05, 4.69) is 15.1 Å². The van der Waals surface area contributed by atoms with Crippen LogP contribution in [0.1, 0.15) is 13.8 Å². The Morgan fingerprint density at radius 3 is 2.91 bits per heavy atom. The van der Waals surface area contributed by atoms with Gasteiger partial charge in [-0.2, -0.15) is 5.10 Å². The van der Waals surface area contributed by atoms with Gasteiger partial charge in [-0.05, 0) is 32.0 Å². The van der Waals surface area contributed by atoms with E-state index < -0.39 is 16.1 Å². The number of hydrogen-bond acceptors (Lipinski definition) is 5. The molecule has 0 unspecified atom stereocenters. The normalized spacial score (nSPS) is 17.1. The minimum atomic E-state index is -3.78. The molecule has 0 saturated heterocycles. The van der Waals surface area contributed by atoms with Crippen molar-refractivity contribution in [3.63, 3.8) is 0 Å². The Labute approximate surface area is 133 Å². The van der Waals surface area contributed by atoms with Gasteiger partial charge in [-0.15, -0.1) is 0 Å². The first kappa shape index (κ1) is 15.3. The van der Waals surface area contributed by atoms with Crippen LogP contribution in [0.5, 0.6) is 5.75 Å². The molecule has 2 heterocycles. The molecule has 23 heavy (non-hydrogen) atoms. The Balaban J connectivity index is 1.88. The quantitative estimate of drug-likeness (QED) is 0.879. The van der Waals surface area contributed by atoms with Crippen molar-refractivity contribution in [1.82, 2.24) is 9.78 Å². The molecule has 0 spiro atoms. The van der Waals surface area contributed by atoms with Crippen molar-refractivity contribution in [2.45, 2.75) is 31.4 Å². The molecule has 2 N–H and O–H groups in total. The zero-order chi connectivity index (χ0) is 16.6. The van der Waals surface area contributed by atoms with E-state index in [1.54, 1.807) is 17.8 Å². The molecular formula is C14H16N4O4S. The number of amides is 1. The van der Waals surface area contributed by atoms with E-state index in [-0.39, 0.29) is 10.8 Å². The summed E-state index contributed by atoms with van der Waals surface area (Å²) in [5.74, 6) is 0.124. The molecule has 0 aliphatic carbocycles. The minimum Gasteiger partial charge on any atom is -0.479 e. The van der Waals surface area contributed by atoms with Crippen LogP contribution in [-0.4, -0.2) is 30.2 Å². The van der Waals surface area contributed by atoms with Gasteiger partial charge in [0.15, 0.2) is 6.10 Å². The third kappa shape index (κ3) is 3.00. The summed E-state index contributed by atoms with van der Waals surface area (Å²) in [5, 5.41) is 6.64. The van der Waals surface area contributed by atoms with E-state index in [0.717, 1.165) is 0 Å². The van der Waals surface area contributed by atoms with Crippen molar-refractivity contribution >= 4 is 27.3 Å². The monoisotopic (exact) mass is 336 g/mol. The summed E-state index contributed by atoms with van der Waals surface area (Å²) >= 11 is 0. The second kappa shape index (κ2) is 5.58. The zero-order valence-electron chi connectivity index (χ0n) is 12.6. The number of fused-ring (bicyclic) bond motifs is 1. The highest BCUT2D eigenvalue weighted by molar-refractivity contribution is 7.92. The maximum atomic E-state index is 12.4. The van der Waals surface area contributed by atoms with Gasteiger partial charge >= 0.3 is 0 Å². The lowest BCUT2D eigenvalue weighted by molar-refractivity contribution is -0.122. The van der Waals surface area contributed by atoms with Gasteiger partial charge in [0.25, 0.3) is 15.9 Å². The molecule has 9 heteroatoms. The van der Waals surface area contributed by atoms with E-state index in [1.807, 2.05) is 6.92 Å². The van der Waals surface area contributed by atoms with Crippen LogP contribution in [0.2, 0.25) is 0 Å². The van der Waals surface area contributed by atoms with E-state index in [1.165, 1.54) is 24.4 Å². The number of benzene rings is 1. The molecule has 0 saturated carbocycles. The number of nitrogens with zero attached hydrogens (tertiary/aromatic N) is 2. The number of aromatic nitrogens is 2. The Hall–Kier alpha value is -2.55. The van der Waals surface area contributed by atoms with Crippen molar-refractivity contribution in [3.05, 3.63) is 30.6 Å². The van der Waals surface area contributed by atoms with Crippen LogP contribution in [0.3, 0.4) is 0 Å². The summed E-state index contributed by atoms with van der Waals surface area (Å²) in [6.07, 6.45) is 2.43. The highest BCUT2D eigenvalue weighted by Gasteiger charge is 2.25. The first-order chi connectivity index (χ1) is 10.9. The second-order valence-electron chi connectivity index (χ2n) is 5.10. The molecule has 1 amide bonds. The summed E-state index contributed by atoms with van der Waals surface area (Å²) in [4.78, 5) is 11.7. The number of carbonyl (C=O) groups excluding carboxylic acids is 1. The van der Waals surface area contributed by atoms with Gasteiger partial charge in [0.05, 0.1) is 22.5 Å². The molecule has 0 fully saturated rings. The molecule has 2 aromatic rings. The fourth-order valence-corrected chi connectivity index (χ4v) is 3.21. The van der Waals surface area contributed by atoms with Gasteiger partial charge in [-0.25, -0.2) is 8.42 Å². The topological polar surface area (TPSA) is 102 Å². The first-order valence-electron chi connectivity index (χ1n) is 7.06. The third-order valence-corrected chi connectivity index (χ3v) is 4.78. The number of ether oxygens (including phenoxy) is 1. The van der Waals surface area contributed by atoms with Crippen LogP contribution in [0, 0.1) is 0 Å². The molecule has 1 aliphatic heterocycles. The highest BCUT2D eigenvalue weighted by atomic mass is 32.2. The van der Waals surface area contributed by atoms with E-state index in [4.69, 9.17) is 4.74 Å². The smallest absolute Gasteiger partial charge is 0.265 e.